The van der Waals surface area contributed by atoms with E-state index in [1.807, 2.05) is 60.4 Å². The van der Waals surface area contributed by atoms with Gasteiger partial charge in [0.25, 0.3) is 5.91 Å². The lowest BCUT2D eigenvalue weighted by Gasteiger charge is -2.17. The van der Waals surface area contributed by atoms with Crippen molar-refractivity contribution in [1.82, 2.24) is 4.98 Å². The summed E-state index contributed by atoms with van der Waals surface area (Å²) >= 11 is 3.52. The third-order valence-corrected chi connectivity index (χ3v) is 4.75. The largest absolute Gasteiger partial charge is 0.355 e. The quantitative estimate of drug-likeness (QED) is 0.676. The van der Waals surface area contributed by atoms with Crippen molar-refractivity contribution in [2.45, 2.75) is 13.5 Å². The zero-order chi connectivity index (χ0) is 17.4. The van der Waals surface area contributed by atoms with Crippen LogP contribution < -0.4 is 10.2 Å². The molecule has 0 spiro atoms. The first-order valence-electron chi connectivity index (χ1n) is 8.00. The normalized spacial score (nSPS) is 13.0. The van der Waals surface area contributed by atoms with Crippen LogP contribution in [0.1, 0.15) is 21.5 Å². The number of hydrogen-bond donors (Lipinski definition) is 1. The second kappa shape index (κ2) is 6.33. The zero-order valence-electron chi connectivity index (χ0n) is 13.7. The predicted molar refractivity (Wildman–Crippen MR) is 103 cm³/mol. The summed E-state index contributed by atoms with van der Waals surface area (Å²) in [7, 11) is 0. The van der Waals surface area contributed by atoms with E-state index in [2.05, 4.69) is 26.2 Å². The van der Waals surface area contributed by atoms with E-state index in [0.29, 0.717) is 6.54 Å². The molecular formula is C20H16BrN3O. The SMILES string of the molecule is Cc1cc(Br)cc2c1C(=O)N(c1cccc(Nc3ccncc3)c1)C2. The van der Waals surface area contributed by atoms with Crippen molar-refractivity contribution < 1.29 is 4.79 Å². The van der Waals surface area contributed by atoms with E-state index >= 15 is 0 Å². The average Bonchev–Trinajstić information content (AvgIpc) is 2.93. The molecular weight excluding hydrogens is 378 g/mol. The van der Waals surface area contributed by atoms with Gasteiger partial charge in [-0.3, -0.25) is 9.78 Å². The summed E-state index contributed by atoms with van der Waals surface area (Å²) in [6, 6.07) is 15.7. The Bertz CT molecular complexity index is 956. The van der Waals surface area contributed by atoms with Crippen molar-refractivity contribution in [3.8, 4) is 0 Å². The highest BCUT2D eigenvalue weighted by Crippen LogP contribution is 2.33. The molecule has 3 aromatic rings. The van der Waals surface area contributed by atoms with Crippen molar-refractivity contribution >= 4 is 38.9 Å². The highest BCUT2D eigenvalue weighted by Gasteiger charge is 2.30. The Hall–Kier alpha value is -2.66. The number of anilines is 3. The van der Waals surface area contributed by atoms with E-state index in [-0.39, 0.29) is 5.91 Å². The number of aryl methyl sites for hydroxylation is 1. The van der Waals surface area contributed by atoms with Crippen molar-refractivity contribution in [2.75, 3.05) is 10.2 Å². The predicted octanol–water partition coefficient (Wildman–Crippen LogP) is 5.06. The van der Waals surface area contributed by atoms with Crippen LogP contribution in [0.2, 0.25) is 0 Å². The summed E-state index contributed by atoms with van der Waals surface area (Å²) < 4.78 is 1.01. The van der Waals surface area contributed by atoms with Gasteiger partial charge in [0.2, 0.25) is 0 Å². The van der Waals surface area contributed by atoms with Crippen LogP contribution >= 0.6 is 15.9 Å². The number of halogens is 1. The summed E-state index contributed by atoms with van der Waals surface area (Å²) in [5, 5.41) is 3.34. The first-order valence-corrected chi connectivity index (χ1v) is 8.79. The highest BCUT2D eigenvalue weighted by atomic mass is 79.9. The summed E-state index contributed by atoms with van der Waals surface area (Å²) in [4.78, 5) is 18.7. The van der Waals surface area contributed by atoms with Crippen LogP contribution in [0.4, 0.5) is 17.1 Å². The number of carbonyl (C=O) groups excluding carboxylic acids is 1. The molecule has 0 bridgehead atoms. The highest BCUT2D eigenvalue weighted by molar-refractivity contribution is 9.10. The van der Waals surface area contributed by atoms with Crippen molar-refractivity contribution in [3.05, 3.63) is 82.1 Å². The Balaban J connectivity index is 1.64. The molecule has 0 unspecified atom stereocenters. The van der Waals surface area contributed by atoms with Crippen LogP contribution in [0, 0.1) is 6.92 Å². The van der Waals surface area contributed by atoms with E-state index in [1.54, 1.807) is 12.4 Å². The minimum Gasteiger partial charge on any atom is -0.355 e. The Labute approximate surface area is 154 Å². The molecule has 0 atom stereocenters. The lowest BCUT2D eigenvalue weighted by molar-refractivity contribution is 0.0996. The molecule has 0 aliphatic carbocycles. The lowest BCUT2D eigenvalue weighted by atomic mass is 10.0. The third kappa shape index (κ3) is 3.03. The van der Waals surface area contributed by atoms with Crippen LogP contribution in [-0.2, 0) is 6.54 Å². The van der Waals surface area contributed by atoms with E-state index in [0.717, 1.165) is 38.2 Å². The molecule has 5 heteroatoms. The van der Waals surface area contributed by atoms with Gasteiger partial charge in [0.15, 0.2) is 0 Å². The molecule has 1 N–H and O–H groups in total. The van der Waals surface area contributed by atoms with Crippen molar-refractivity contribution in [3.63, 3.8) is 0 Å². The molecule has 0 radical (unpaired) electrons. The number of pyridine rings is 1. The van der Waals surface area contributed by atoms with Gasteiger partial charge in [0.05, 0.1) is 6.54 Å². The van der Waals surface area contributed by atoms with Gasteiger partial charge < -0.3 is 10.2 Å². The van der Waals surface area contributed by atoms with E-state index in [1.165, 1.54) is 0 Å². The molecule has 4 nitrogen and oxygen atoms in total. The number of benzene rings is 2. The lowest BCUT2D eigenvalue weighted by Crippen LogP contribution is -2.23. The number of carbonyl (C=O) groups is 1. The molecule has 0 saturated heterocycles. The van der Waals surface area contributed by atoms with Gasteiger partial charge in [-0.2, -0.15) is 0 Å². The fourth-order valence-electron chi connectivity index (χ4n) is 3.18. The number of amides is 1. The second-order valence-corrected chi connectivity index (χ2v) is 6.98. The maximum atomic E-state index is 12.9. The Morgan fingerprint density at radius 1 is 1.08 bits per heavy atom. The summed E-state index contributed by atoms with van der Waals surface area (Å²) in [5.74, 6) is 0.0565. The van der Waals surface area contributed by atoms with Gasteiger partial charge in [0.1, 0.15) is 0 Å². The Kier molecular flexibility index (Phi) is 4.01. The van der Waals surface area contributed by atoms with Crippen molar-refractivity contribution in [1.29, 1.82) is 0 Å². The van der Waals surface area contributed by atoms with Gasteiger partial charge in [0, 0.05) is 39.5 Å². The number of fused-ring (bicyclic) bond motifs is 1. The molecule has 25 heavy (non-hydrogen) atoms. The summed E-state index contributed by atoms with van der Waals surface area (Å²) in [5.41, 5.74) is 5.66. The van der Waals surface area contributed by atoms with Gasteiger partial charge in [-0.25, -0.2) is 0 Å². The van der Waals surface area contributed by atoms with Gasteiger partial charge >= 0.3 is 0 Å². The van der Waals surface area contributed by atoms with Crippen LogP contribution in [0.3, 0.4) is 0 Å². The molecule has 0 fully saturated rings. The molecule has 1 aliphatic heterocycles. The molecule has 1 aromatic heterocycles. The third-order valence-electron chi connectivity index (χ3n) is 4.30. The van der Waals surface area contributed by atoms with Gasteiger partial charge in [-0.05, 0) is 60.5 Å². The van der Waals surface area contributed by atoms with Crippen LogP contribution in [-0.4, -0.2) is 10.9 Å². The number of hydrogen-bond acceptors (Lipinski definition) is 3. The number of nitrogens with zero attached hydrogens (tertiary/aromatic N) is 2. The van der Waals surface area contributed by atoms with Crippen LogP contribution in [0.25, 0.3) is 0 Å². The monoisotopic (exact) mass is 393 g/mol. The van der Waals surface area contributed by atoms with Crippen molar-refractivity contribution in [2.24, 2.45) is 0 Å². The molecule has 2 aromatic carbocycles. The fourth-order valence-corrected chi connectivity index (χ4v) is 3.80. The topological polar surface area (TPSA) is 45.2 Å². The first kappa shape index (κ1) is 15.8. The van der Waals surface area contributed by atoms with Crippen LogP contribution in [0.5, 0.6) is 0 Å². The standard InChI is InChI=1S/C20H16BrN3O/c1-13-9-15(21)10-14-12-24(20(25)19(13)14)18-4-2-3-17(11-18)23-16-5-7-22-8-6-16/h2-11H,12H2,1H3,(H,22,23). The molecule has 1 amide bonds. The molecule has 4 rings (SSSR count). The fraction of sp³-hybridized carbons (Fsp3) is 0.100. The average molecular weight is 394 g/mol. The summed E-state index contributed by atoms with van der Waals surface area (Å²) in [6.45, 7) is 2.57. The van der Waals surface area contributed by atoms with E-state index < -0.39 is 0 Å². The Morgan fingerprint density at radius 3 is 2.68 bits per heavy atom. The molecule has 1 aliphatic rings. The Morgan fingerprint density at radius 2 is 1.88 bits per heavy atom. The zero-order valence-corrected chi connectivity index (χ0v) is 15.2. The number of nitrogens with one attached hydrogen (secondary N) is 1. The maximum Gasteiger partial charge on any atom is 0.259 e. The first-order chi connectivity index (χ1) is 12.1. The minimum absolute atomic E-state index is 0.0565. The maximum absolute atomic E-state index is 12.9. The smallest absolute Gasteiger partial charge is 0.259 e. The second-order valence-electron chi connectivity index (χ2n) is 6.06. The molecule has 0 saturated carbocycles. The number of aromatic nitrogens is 1. The number of rotatable bonds is 3. The van der Waals surface area contributed by atoms with Crippen LogP contribution in [0.15, 0.2) is 65.4 Å². The van der Waals surface area contributed by atoms with E-state index in [9.17, 15) is 4.79 Å². The van der Waals surface area contributed by atoms with Gasteiger partial charge in [-0.15, -0.1) is 0 Å². The van der Waals surface area contributed by atoms with Gasteiger partial charge in [-0.1, -0.05) is 22.0 Å². The summed E-state index contributed by atoms with van der Waals surface area (Å²) in [6.07, 6.45) is 3.49. The molecule has 124 valence electrons. The van der Waals surface area contributed by atoms with E-state index in [4.69, 9.17) is 0 Å². The minimum atomic E-state index is 0.0565. The molecule has 2 heterocycles.